The molecule has 1 aliphatic rings. The van der Waals surface area contributed by atoms with Crippen molar-refractivity contribution in [3.05, 3.63) is 0 Å². The van der Waals surface area contributed by atoms with E-state index in [0.717, 1.165) is 57.8 Å². The van der Waals surface area contributed by atoms with Gasteiger partial charge in [0.05, 0.1) is 13.2 Å². The number of carbonyl (C=O) groups excluding carboxylic acids is 1. The number of aliphatic hydroxyl groups is 8. The van der Waals surface area contributed by atoms with Crippen molar-refractivity contribution >= 4 is 11.9 Å². The lowest BCUT2D eigenvalue weighted by Gasteiger charge is -2.42. The second kappa shape index (κ2) is 30.7. The molecule has 0 aromatic carbocycles. The molecule has 0 radical (unpaired) electrons. The molecule has 14 nitrogen and oxygen atoms in total. The number of nitrogens with zero attached hydrogens (tertiary/aromatic N) is 1. The lowest BCUT2D eigenvalue weighted by atomic mass is 9.98. The van der Waals surface area contributed by atoms with Crippen molar-refractivity contribution in [2.45, 2.75) is 210 Å². The van der Waals surface area contributed by atoms with E-state index in [0.29, 0.717) is 25.8 Å². The quantitative estimate of drug-likeness (QED) is 0.0429. The zero-order valence-corrected chi connectivity index (χ0v) is 32.4. The van der Waals surface area contributed by atoms with Crippen LogP contribution in [0.2, 0.25) is 0 Å². The number of carboxylic acids is 1. The molecule has 53 heavy (non-hydrogen) atoms. The lowest BCUT2D eigenvalue weighted by molar-refractivity contribution is -0.327. The number of ether oxygens (including phenoxy) is 2. The third kappa shape index (κ3) is 21.4. The Morgan fingerprint density at radius 2 is 1.11 bits per heavy atom. The molecule has 1 saturated heterocycles. The summed E-state index contributed by atoms with van der Waals surface area (Å²) < 4.78 is 10.9. The van der Waals surface area contributed by atoms with Gasteiger partial charge in [-0.25, -0.2) is 0 Å². The van der Waals surface area contributed by atoms with Crippen molar-refractivity contribution in [2.75, 3.05) is 26.3 Å². The standard InChI is InChI=1S/C39H75NO13/c1-2-3-4-5-6-7-8-9-10-11-14-17-20-23-32(45)40(25-22-19-16-13-12-15-18-21-24-33(46)47)26-29(43)34(48)38(30(44)27-41)53-39-37(51)36(50)35(49)31(28-42)52-39/h29-31,34-39,41-44,48-51H,2-28H2,1H3,(H,46,47)/t29?,30?,31-,34?,35+,36+,37-,38?,39+/m1/s1. The molecule has 1 rings (SSSR count). The molecule has 0 spiro atoms. The summed E-state index contributed by atoms with van der Waals surface area (Å²) in [5.74, 6) is -0.955. The molecule has 1 amide bonds. The molecular weight excluding hydrogens is 690 g/mol. The van der Waals surface area contributed by atoms with E-state index in [-0.39, 0.29) is 25.3 Å². The maximum absolute atomic E-state index is 13.4. The van der Waals surface area contributed by atoms with E-state index in [1.54, 1.807) is 0 Å². The van der Waals surface area contributed by atoms with Gasteiger partial charge in [0.15, 0.2) is 6.29 Å². The minimum atomic E-state index is -1.86. The Morgan fingerprint density at radius 1 is 0.642 bits per heavy atom. The van der Waals surface area contributed by atoms with E-state index in [1.807, 2.05) is 0 Å². The number of unbranched alkanes of at least 4 members (excludes halogenated alkanes) is 19. The van der Waals surface area contributed by atoms with Crippen molar-refractivity contribution in [2.24, 2.45) is 0 Å². The fourth-order valence-electron chi connectivity index (χ4n) is 6.80. The maximum atomic E-state index is 13.4. The van der Waals surface area contributed by atoms with Crippen LogP contribution >= 0.6 is 0 Å². The Balaban J connectivity index is 2.71. The Morgan fingerprint density at radius 3 is 1.58 bits per heavy atom. The SMILES string of the molecule is CCCCCCCCCCCCCCCC(=O)N(CCCCCCCCCCC(=O)O)CC(O)C(O)C(O[C@@H]1O[C@H](CO)[C@H](O)[C@H](O)[C@H]1O)C(O)CO. The van der Waals surface area contributed by atoms with Gasteiger partial charge < -0.3 is 60.3 Å². The van der Waals surface area contributed by atoms with Gasteiger partial charge in [0.25, 0.3) is 0 Å². The Bertz CT molecular complexity index is 913. The van der Waals surface area contributed by atoms with E-state index in [4.69, 9.17) is 14.6 Å². The zero-order chi connectivity index (χ0) is 39.4. The van der Waals surface area contributed by atoms with E-state index < -0.39 is 74.3 Å². The summed E-state index contributed by atoms with van der Waals surface area (Å²) in [6.07, 6.45) is 7.37. The Kier molecular flexibility index (Phi) is 28.7. The highest BCUT2D eigenvalue weighted by Crippen LogP contribution is 2.25. The average molecular weight is 766 g/mol. The van der Waals surface area contributed by atoms with Crippen LogP contribution in [0.15, 0.2) is 0 Å². The average Bonchev–Trinajstić information content (AvgIpc) is 3.14. The maximum Gasteiger partial charge on any atom is 0.303 e. The summed E-state index contributed by atoms with van der Waals surface area (Å²) in [7, 11) is 0. The number of amides is 1. The molecule has 9 atom stereocenters. The second-order valence-electron chi connectivity index (χ2n) is 14.9. The van der Waals surface area contributed by atoms with Gasteiger partial charge in [0, 0.05) is 25.9 Å². The third-order valence-electron chi connectivity index (χ3n) is 10.3. The molecule has 1 aliphatic heterocycles. The second-order valence-corrected chi connectivity index (χ2v) is 14.9. The molecule has 0 bridgehead atoms. The van der Waals surface area contributed by atoms with Gasteiger partial charge in [-0.2, -0.15) is 0 Å². The molecule has 0 aromatic rings. The fourth-order valence-corrected chi connectivity index (χ4v) is 6.80. The van der Waals surface area contributed by atoms with Crippen LogP contribution in [0.25, 0.3) is 0 Å². The highest BCUT2D eigenvalue weighted by atomic mass is 16.7. The molecule has 9 N–H and O–H groups in total. The molecule has 1 heterocycles. The Hall–Kier alpha value is -1.46. The molecule has 0 aliphatic carbocycles. The van der Waals surface area contributed by atoms with Crippen LogP contribution in [0, 0.1) is 0 Å². The van der Waals surface area contributed by atoms with Crippen molar-refractivity contribution in [3.63, 3.8) is 0 Å². The topological polar surface area (TPSA) is 238 Å². The van der Waals surface area contributed by atoms with Gasteiger partial charge in [0.1, 0.15) is 48.8 Å². The van der Waals surface area contributed by atoms with Gasteiger partial charge in [-0.3, -0.25) is 9.59 Å². The minimum Gasteiger partial charge on any atom is -0.481 e. The Labute approximate surface area is 317 Å². The number of hydrogen-bond acceptors (Lipinski definition) is 12. The molecule has 0 saturated carbocycles. The van der Waals surface area contributed by atoms with E-state index in [2.05, 4.69) is 6.92 Å². The van der Waals surface area contributed by atoms with E-state index >= 15 is 0 Å². The highest BCUT2D eigenvalue weighted by Gasteiger charge is 2.47. The fraction of sp³-hybridized carbons (Fsp3) is 0.949. The van der Waals surface area contributed by atoms with E-state index in [9.17, 15) is 50.4 Å². The minimum absolute atomic E-state index is 0.174. The van der Waals surface area contributed by atoms with Crippen LogP contribution in [0.4, 0.5) is 0 Å². The first-order valence-corrected chi connectivity index (χ1v) is 20.6. The largest absolute Gasteiger partial charge is 0.481 e. The number of carboxylic acid groups (broad SMARTS) is 1. The number of rotatable bonds is 34. The number of aliphatic carboxylic acids is 1. The highest BCUT2D eigenvalue weighted by molar-refractivity contribution is 5.76. The molecule has 314 valence electrons. The first-order chi connectivity index (χ1) is 25.5. The summed E-state index contributed by atoms with van der Waals surface area (Å²) in [6, 6.07) is 0. The zero-order valence-electron chi connectivity index (χ0n) is 32.4. The van der Waals surface area contributed by atoms with Crippen LogP contribution in [0.5, 0.6) is 0 Å². The van der Waals surface area contributed by atoms with Crippen LogP contribution in [-0.2, 0) is 19.1 Å². The van der Waals surface area contributed by atoms with E-state index in [1.165, 1.54) is 62.7 Å². The summed E-state index contributed by atoms with van der Waals surface area (Å²) in [5.41, 5.74) is 0. The third-order valence-corrected chi connectivity index (χ3v) is 10.3. The summed E-state index contributed by atoms with van der Waals surface area (Å²) in [6.45, 7) is 0.652. The summed E-state index contributed by atoms with van der Waals surface area (Å²) in [4.78, 5) is 25.6. The first kappa shape index (κ1) is 49.6. The molecule has 14 heteroatoms. The van der Waals surface area contributed by atoms with Gasteiger partial charge >= 0.3 is 5.97 Å². The monoisotopic (exact) mass is 766 g/mol. The van der Waals surface area contributed by atoms with Crippen LogP contribution in [0.1, 0.15) is 155 Å². The van der Waals surface area contributed by atoms with Gasteiger partial charge in [0.2, 0.25) is 5.91 Å². The number of carbonyl (C=O) groups is 2. The molecule has 4 unspecified atom stereocenters. The van der Waals surface area contributed by atoms with Crippen LogP contribution in [0.3, 0.4) is 0 Å². The van der Waals surface area contributed by atoms with Gasteiger partial charge in [-0.1, -0.05) is 122 Å². The van der Waals surface area contributed by atoms with Crippen molar-refractivity contribution < 1.29 is 65.0 Å². The predicted octanol–water partition coefficient (Wildman–Crippen LogP) is 3.15. The summed E-state index contributed by atoms with van der Waals surface area (Å²) >= 11 is 0. The van der Waals surface area contributed by atoms with Crippen LogP contribution in [-0.4, -0.2) is 144 Å². The lowest BCUT2D eigenvalue weighted by Crippen LogP contribution is -2.61. The predicted molar refractivity (Wildman–Crippen MR) is 200 cm³/mol. The van der Waals surface area contributed by atoms with Crippen LogP contribution < -0.4 is 0 Å². The van der Waals surface area contributed by atoms with Crippen molar-refractivity contribution in [1.82, 2.24) is 4.90 Å². The number of hydrogen-bond donors (Lipinski definition) is 9. The van der Waals surface area contributed by atoms with Gasteiger partial charge in [-0.15, -0.1) is 0 Å². The van der Waals surface area contributed by atoms with Gasteiger partial charge in [-0.05, 0) is 19.3 Å². The normalized spacial score (nSPS) is 22.7. The molecule has 0 aromatic heterocycles. The molecule has 1 fully saturated rings. The number of aliphatic hydroxyl groups excluding tert-OH is 8. The molecular formula is C39H75NO13. The van der Waals surface area contributed by atoms with Crippen molar-refractivity contribution in [1.29, 1.82) is 0 Å². The summed E-state index contributed by atoms with van der Waals surface area (Å²) in [5, 5.41) is 91.3. The smallest absolute Gasteiger partial charge is 0.303 e. The van der Waals surface area contributed by atoms with Crippen molar-refractivity contribution in [3.8, 4) is 0 Å². The first-order valence-electron chi connectivity index (χ1n) is 20.6.